The van der Waals surface area contributed by atoms with Crippen molar-refractivity contribution in [1.82, 2.24) is 5.32 Å². The number of nitrogens with one attached hydrogen (secondary N) is 2. The molecule has 0 bridgehead atoms. The summed E-state index contributed by atoms with van der Waals surface area (Å²) in [6.45, 7) is 1.76. The van der Waals surface area contributed by atoms with Gasteiger partial charge in [-0.15, -0.1) is 0 Å². The molecule has 20 heavy (non-hydrogen) atoms. The highest BCUT2D eigenvalue weighted by Gasteiger charge is 2.14. The number of benzene rings is 1. The Morgan fingerprint density at radius 3 is 2.70 bits per heavy atom. The maximum absolute atomic E-state index is 12.9. The fraction of sp³-hybridized carbons (Fsp3) is 0.143. The summed E-state index contributed by atoms with van der Waals surface area (Å²) in [5, 5.41) is 4.84. The summed E-state index contributed by atoms with van der Waals surface area (Å²) in [5.74, 6) is -1.46. The first-order valence-corrected chi connectivity index (χ1v) is 5.94. The van der Waals surface area contributed by atoms with Gasteiger partial charge in [0, 0.05) is 5.69 Å². The van der Waals surface area contributed by atoms with Crippen molar-refractivity contribution in [2.45, 2.75) is 13.5 Å². The van der Waals surface area contributed by atoms with Crippen molar-refractivity contribution in [3.63, 3.8) is 0 Å². The smallest absolute Gasteiger partial charge is 0.313 e. The van der Waals surface area contributed by atoms with Crippen molar-refractivity contribution >= 4 is 17.5 Å². The first kappa shape index (κ1) is 13.8. The third-order valence-electron chi connectivity index (χ3n) is 2.65. The highest BCUT2D eigenvalue weighted by molar-refractivity contribution is 6.39. The Morgan fingerprint density at radius 2 is 2.05 bits per heavy atom. The summed E-state index contributed by atoms with van der Waals surface area (Å²) in [6.07, 6.45) is 1.48. The molecule has 0 saturated heterocycles. The van der Waals surface area contributed by atoms with Crippen molar-refractivity contribution in [3.8, 4) is 0 Å². The second kappa shape index (κ2) is 6.01. The first-order chi connectivity index (χ1) is 9.56. The predicted molar refractivity (Wildman–Crippen MR) is 70.3 cm³/mol. The number of carbonyl (C=O) groups is 2. The lowest BCUT2D eigenvalue weighted by Crippen LogP contribution is -2.35. The molecular weight excluding hydrogens is 263 g/mol. The van der Waals surface area contributed by atoms with E-state index in [1.165, 1.54) is 24.5 Å². The lowest BCUT2D eigenvalue weighted by Gasteiger charge is -2.08. The van der Waals surface area contributed by atoms with Gasteiger partial charge in [-0.25, -0.2) is 4.39 Å². The number of furan rings is 1. The number of rotatable bonds is 3. The molecule has 1 aromatic carbocycles. The van der Waals surface area contributed by atoms with E-state index in [0.29, 0.717) is 17.0 Å². The predicted octanol–water partition coefficient (Wildman–Crippen LogP) is 1.98. The lowest BCUT2D eigenvalue weighted by atomic mass is 10.2. The van der Waals surface area contributed by atoms with Gasteiger partial charge in [-0.05, 0) is 42.8 Å². The fourth-order valence-corrected chi connectivity index (χ4v) is 1.61. The standard InChI is InChI=1S/C14H13FN2O3/c1-9-7-10(15)4-5-12(9)17-14(19)13(18)16-8-11-3-2-6-20-11/h2-7H,8H2,1H3,(H,16,18)(H,17,19). The maximum atomic E-state index is 12.9. The van der Waals surface area contributed by atoms with E-state index < -0.39 is 17.6 Å². The number of aryl methyl sites for hydroxylation is 1. The van der Waals surface area contributed by atoms with Crippen LogP contribution in [0, 0.1) is 12.7 Å². The Bertz CT molecular complexity index is 623. The second-order valence-corrected chi connectivity index (χ2v) is 4.18. The second-order valence-electron chi connectivity index (χ2n) is 4.18. The molecular formula is C14H13FN2O3. The Labute approximate surface area is 114 Å². The Hall–Kier alpha value is -2.63. The largest absolute Gasteiger partial charge is 0.467 e. The molecule has 0 aliphatic carbocycles. The summed E-state index contributed by atoms with van der Waals surface area (Å²) < 4.78 is 17.9. The minimum absolute atomic E-state index is 0.127. The van der Waals surface area contributed by atoms with Gasteiger partial charge in [0.25, 0.3) is 0 Å². The molecule has 5 nitrogen and oxygen atoms in total. The van der Waals surface area contributed by atoms with Crippen LogP contribution in [0.4, 0.5) is 10.1 Å². The van der Waals surface area contributed by atoms with Crippen LogP contribution in [0.5, 0.6) is 0 Å². The molecule has 0 radical (unpaired) electrons. The van der Waals surface area contributed by atoms with E-state index in [0.717, 1.165) is 0 Å². The van der Waals surface area contributed by atoms with Gasteiger partial charge in [0.15, 0.2) is 0 Å². The van der Waals surface area contributed by atoms with Gasteiger partial charge < -0.3 is 15.1 Å². The number of halogens is 1. The molecule has 2 N–H and O–H groups in total. The minimum atomic E-state index is -0.814. The molecule has 1 heterocycles. The van der Waals surface area contributed by atoms with Gasteiger partial charge in [0.1, 0.15) is 11.6 Å². The molecule has 2 amide bonds. The van der Waals surface area contributed by atoms with E-state index in [-0.39, 0.29) is 6.54 Å². The molecule has 0 fully saturated rings. The van der Waals surface area contributed by atoms with E-state index in [1.54, 1.807) is 19.1 Å². The van der Waals surface area contributed by atoms with E-state index >= 15 is 0 Å². The summed E-state index contributed by atoms with van der Waals surface area (Å²) >= 11 is 0. The monoisotopic (exact) mass is 276 g/mol. The zero-order valence-corrected chi connectivity index (χ0v) is 10.8. The number of amides is 2. The molecule has 104 valence electrons. The number of hydrogen-bond acceptors (Lipinski definition) is 3. The van der Waals surface area contributed by atoms with Crippen LogP contribution < -0.4 is 10.6 Å². The molecule has 0 atom stereocenters. The molecule has 2 aromatic rings. The van der Waals surface area contributed by atoms with Crippen LogP contribution in [-0.4, -0.2) is 11.8 Å². The average molecular weight is 276 g/mol. The van der Waals surface area contributed by atoms with Gasteiger partial charge in [0.05, 0.1) is 12.8 Å². The Kier molecular flexibility index (Phi) is 4.14. The zero-order chi connectivity index (χ0) is 14.5. The van der Waals surface area contributed by atoms with Gasteiger partial charge in [-0.3, -0.25) is 9.59 Å². The van der Waals surface area contributed by atoms with Crippen molar-refractivity contribution in [2.24, 2.45) is 0 Å². The third-order valence-corrected chi connectivity index (χ3v) is 2.65. The van der Waals surface area contributed by atoms with Crippen LogP contribution in [0.3, 0.4) is 0 Å². The topological polar surface area (TPSA) is 71.3 Å². The molecule has 0 unspecified atom stereocenters. The van der Waals surface area contributed by atoms with Crippen molar-refractivity contribution < 1.29 is 18.4 Å². The van der Waals surface area contributed by atoms with Crippen LogP contribution >= 0.6 is 0 Å². The minimum Gasteiger partial charge on any atom is -0.467 e. The quantitative estimate of drug-likeness (QED) is 0.842. The van der Waals surface area contributed by atoms with Gasteiger partial charge in [-0.1, -0.05) is 0 Å². The van der Waals surface area contributed by atoms with Crippen LogP contribution in [0.15, 0.2) is 41.0 Å². The third kappa shape index (κ3) is 3.44. The molecule has 0 aliphatic heterocycles. The molecule has 0 saturated carbocycles. The lowest BCUT2D eigenvalue weighted by molar-refractivity contribution is -0.136. The maximum Gasteiger partial charge on any atom is 0.313 e. The fourth-order valence-electron chi connectivity index (χ4n) is 1.61. The van der Waals surface area contributed by atoms with Crippen LogP contribution in [0.25, 0.3) is 0 Å². The van der Waals surface area contributed by atoms with Crippen molar-refractivity contribution in [1.29, 1.82) is 0 Å². The molecule has 6 heteroatoms. The molecule has 0 spiro atoms. The molecule has 2 rings (SSSR count). The van der Waals surface area contributed by atoms with E-state index in [9.17, 15) is 14.0 Å². The highest BCUT2D eigenvalue weighted by atomic mass is 19.1. The summed E-state index contributed by atoms with van der Waals surface area (Å²) in [7, 11) is 0. The Balaban J connectivity index is 1.92. The first-order valence-electron chi connectivity index (χ1n) is 5.94. The van der Waals surface area contributed by atoms with E-state index in [1.807, 2.05) is 0 Å². The SMILES string of the molecule is Cc1cc(F)ccc1NC(=O)C(=O)NCc1ccco1. The van der Waals surface area contributed by atoms with Gasteiger partial charge in [-0.2, -0.15) is 0 Å². The van der Waals surface area contributed by atoms with Gasteiger partial charge >= 0.3 is 11.8 Å². The van der Waals surface area contributed by atoms with Crippen molar-refractivity contribution in [3.05, 3.63) is 53.7 Å². The summed E-state index contributed by atoms with van der Waals surface area (Å²) in [4.78, 5) is 23.2. The summed E-state index contributed by atoms with van der Waals surface area (Å²) in [5.41, 5.74) is 0.932. The van der Waals surface area contributed by atoms with E-state index in [4.69, 9.17) is 4.42 Å². The Morgan fingerprint density at radius 1 is 1.25 bits per heavy atom. The number of hydrogen-bond donors (Lipinski definition) is 2. The molecule has 0 aliphatic rings. The van der Waals surface area contributed by atoms with Crippen LogP contribution in [0.1, 0.15) is 11.3 Å². The van der Waals surface area contributed by atoms with Crippen molar-refractivity contribution in [2.75, 3.05) is 5.32 Å². The number of carbonyl (C=O) groups excluding carboxylic acids is 2. The average Bonchev–Trinajstić information content (AvgIpc) is 2.92. The highest BCUT2D eigenvalue weighted by Crippen LogP contribution is 2.15. The van der Waals surface area contributed by atoms with Gasteiger partial charge in [0.2, 0.25) is 0 Å². The van der Waals surface area contributed by atoms with Crippen LogP contribution in [-0.2, 0) is 16.1 Å². The normalized spacial score (nSPS) is 10.1. The summed E-state index contributed by atoms with van der Waals surface area (Å²) in [6, 6.07) is 7.26. The number of anilines is 1. The van der Waals surface area contributed by atoms with E-state index in [2.05, 4.69) is 10.6 Å². The zero-order valence-electron chi connectivity index (χ0n) is 10.8. The molecule has 1 aromatic heterocycles. The van der Waals surface area contributed by atoms with Crippen LogP contribution in [0.2, 0.25) is 0 Å².